The lowest BCUT2D eigenvalue weighted by atomic mass is 10.1. The van der Waals surface area contributed by atoms with E-state index in [1.807, 2.05) is 18.2 Å². The molecule has 0 aliphatic heterocycles. The van der Waals surface area contributed by atoms with Crippen molar-refractivity contribution in [1.82, 2.24) is 24.7 Å². The second-order valence-corrected chi connectivity index (χ2v) is 7.37. The van der Waals surface area contributed by atoms with Crippen molar-refractivity contribution in [3.63, 3.8) is 0 Å². The van der Waals surface area contributed by atoms with E-state index in [4.69, 9.17) is 14.0 Å². The van der Waals surface area contributed by atoms with Gasteiger partial charge in [0.15, 0.2) is 11.5 Å². The fraction of sp³-hybridized carbons (Fsp3) is 0.150. The average Bonchev–Trinajstić information content (AvgIpc) is 3.40. The van der Waals surface area contributed by atoms with Crippen molar-refractivity contribution in [3.05, 3.63) is 59.1 Å². The highest BCUT2D eigenvalue weighted by atomic mass is 32.1. The van der Waals surface area contributed by atoms with Gasteiger partial charge >= 0.3 is 0 Å². The van der Waals surface area contributed by atoms with E-state index in [0.717, 1.165) is 10.2 Å². The van der Waals surface area contributed by atoms with E-state index in [9.17, 15) is 4.79 Å². The van der Waals surface area contributed by atoms with E-state index < -0.39 is 0 Å². The molecule has 0 spiro atoms. The fourth-order valence-corrected chi connectivity index (χ4v) is 4.30. The van der Waals surface area contributed by atoms with E-state index in [1.165, 1.54) is 22.2 Å². The Labute approximate surface area is 173 Å². The molecule has 0 aliphatic carbocycles. The maximum absolute atomic E-state index is 12.9. The highest BCUT2D eigenvalue weighted by molar-refractivity contribution is 7.25. The number of hydrogen-bond acceptors (Lipinski definition) is 9. The summed E-state index contributed by atoms with van der Waals surface area (Å²) in [6.45, 7) is 0.0999. The van der Waals surface area contributed by atoms with E-state index in [0.29, 0.717) is 33.1 Å². The van der Waals surface area contributed by atoms with Gasteiger partial charge in [-0.1, -0.05) is 11.2 Å². The zero-order valence-corrected chi connectivity index (χ0v) is 16.8. The minimum atomic E-state index is -0.179. The predicted octanol–water partition coefficient (Wildman–Crippen LogP) is 3.12. The van der Waals surface area contributed by atoms with Crippen LogP contribution >= 0.6 is 11.3 Å². The number of rotatable bonds is 5. The Morgan fingerprint density at radius 1 is 1.13 bits per heavy atom. The number of pyridine rings is 1. The molecule has 5 aromatic rings. The smallest absolute Gasteiger partial charge is 0.271 e. The first-order valence-corrected chi connectivity index (χ1v) is 9.78. The number of nitrogens with zero attached hydrogens (tertiary/aromatic N) is 5. The molecule has 0 fully saturated rings. The number of methoxy groups -OCH3 is 2. The summed E-state index contributed by atoms with van der Waals surface area (Å²) in [7, 11) is 3.10. The molecule has 0 saturated carbocycles. The SMILES string of the molecule is COc1cccc(-c2noc(Cn3cnc4c(sc5ncccc54)c3=O)n2)c1OC. The van der Waals surface area contributed by atoms with Crippen LogP contribution in [0.2, 0.25) is 0 Å². The molecule has 150 valence electrons. The molecule has 0 radical (unpaired) electrons. The number of hydrogen-bond donors (Lipinski definition) is 0. The van der Waals surface area contributed by atoms with Crippen LogP contribution in [-0.4, -0.2) is 38.9 Å². The van der Waals surface area contributed by atoms with Crippen molar-refractivity contribution >= 4 is 31.8 Å². The maximum atomic E-state index is 12.9. The highest BCUT2D eigenvalue weighted by Crippen LogP contribution is 2.36. The first-order chi connectivity index (χ1) is 14.7. The Bertz CT molecular complexity index is 1440. The zero-order valence-electron chi connectivity index (χ0n) is 16.0. The third-order valence-corrected chi connectivity index (χ3v) is 5.73. The zero-order chi connectivity index (χ0) is 20.7. The van der Waals surface area contributed by atoms with Crippen molar-refractivity contribution in [2.45, 2.75) is 6.54 Å². The van der Waals surface area contributed by atoms with Gasteiger partial charge in [-0.2, -0.15) is 4.98 Å². The van der Waals surface area contributed by atoms with Crippen LogP contribution in [0.5, 0.6) is 11.5 Å². The van der Waals surface area contributed by atoms with Gasteiger partial charge in [-0.15, -0.1) is 11.3 Å². The normalized spacial score (nSPS) is 11.3. The number of aromatic nitrogens is 5. The van der Waals surface area contributed by atoms with Gasteiger partial charge in [0.1, 0.15) is 16.1 Å². The number of thiophene rings is 1. The van der Waals surface area contributed by atoms with Gasteiger partial charge in [0.25, 0.3) is 5.56 Å². The van der Waals surface area contributed by atoms with Gasteiger partial charge < -0.3 is 14.0 Å². The Balaban J connectivity index is 1.52. The summed E-state index contributed by atoms with van der Waals surface area (Å²) in [5.74, 6) is 1.68. The van der Waals surface area contributed by atoms with Crippen LogP contribution in [0, 0.1) is 0 Å². The number of benzene rings is 1. The van der Waals surface area contributed by atoms with Crippen molar-refractivity contribution < 1.29 is 14.0 Å². The second-order valence-electron chi connectivity index (χ2n) is 6.37. The second kappa shape index (κ2) is 7.23. The third-order valence-electron chi connectivity index (χ3n) is 4.64. The number of fused-ring (bicyclic) bond motifs is 3. The van der Waals surface area contributed by atoms with Crippen LogP contribution < -0.4 is 15.0 Å². The lowest BCUT2D eigenvalue weighted by Crippen LogP contribution is -2.20. The fourth-order valence-electron chi connectivity index (χ4n) is 3.25. The average molecular weight is 421 g/mol. The molecule has 0 aliphatic rings. The topological polar surface area (TPSA) is 105 Å². The predicted molar refractivity (Wildman–Crippen MR) is 111 cm³/mol. The quantitative estimate of drug-likeness (QED) is 0.426. The largest absolute Gasteiger partial charge is 0.493 e. The summed E-state index contributed by atoms with van der Waals surface area (Å²) in [6, 6.07) is 9.13. The van der Waals surface area contributed by atoms with Gasteiger partial charge in [-0.3, -0.25) is 9.36 Å². The first kappa shape index (κ1) is 18.3. The maximum Gasteiger partial charge on any atom is 0.271 e. The van der Waals surface area contributed by atoms with Crippen molar-refractivity contribution in [3.8, 4) is 22.9 Å². The Hall–Kier alpha value is -3.79. The Kier molecular flexibility index (Phi) is 4.40. The number of para-hydroxylation sites is 1. The third kappa shape index (κ3) is 2.89. The molecule has 5 rings (SSSR count). The van der Waals surface area contributed by atoms with E-state index >= 15 is 0 Å². The van der Waals surface area contributed by atoms with Gasteiger partial charge in [0.2, 0.25) is 11.7 Å². The summed E-state index contributed by atoms with van der Waals surface area (Å²) in [5, 5.41) is 4.90. The summed E-state index contributed by atoms with van der Waals surface area (Å²) in [6.07, 6.45) is 3.18. The number of ether oxygens (including phenoxy) is 2. The van der Waals surface area contributed by atoms with Gasteiger partial charge in [-0.05, 0) is 24.3 Å². The van der Waals surface area contributed by atoms with Crippen molar-refractivity contribution in [2.75, 3.05) is 14.2 Å². The molecule has 0 amide bonds. The van der Waals surface area contributed by atoms with Crippen LogP contribution in [-0.2, 0) is 6.54 Å². The minimum Gasteiger partial charge on any atom is -0.493 e. The summed E-state index contributed by atoms with van der Waals surface area (Å²) in [4.78, 5) is 26.9. The molecule has 4 aromatic heterocycles. The van der Waals surface area contributed by atoms with Crippen LogP contribution in [0.1, 0.15) is 5.89 Å². The first-order valence-electron chi connectivity index (χ1n) is 8.96. The molecule has 1 aromatic carbocycles. The van der Waals surface area contributed by atoms with Crippen LogP contribution in [0.25, 0.3) is 31.8 Å². The molecule has 30 heavy (non-hydrogen) atoms. The molecule has 0 saturated heterocycles. The lowest BCUT2D eigenvalue weighted by Gasteiger charge is -2.09. The standard InChI is InChI=1S/C20H15N5O4S/c1-27-13-7-3-5-12(16(13)28-2)18-23-14(29-24-18)9-25-10-22-15-11-6-4-8-21-19(11)30-17(15)20(25)26/h3-8,10H,9H2,1-2H3. The van der Waals surface area contributed by atoms with Crippen molar-refractivity contribution in [2.24, 2.45) is 0 Å². The molecule has 0 bridgehead atoms. The van der Waals surface area contributed by atoms with E-state index in [-0.39, 0.29) is 18.0 Å². The monoisotopic (exact) mass is 421 g/mol. The van der Waals surface area contributed by atoms with Crippen molar-refractivity contribution in [1.29, 1.82) is 0 Å². The van der Waals surface area contributed by atoms with Crippen LogP contribution in [0.3, 0.4) is 0 Å². The van der Waals surface area contributed by atoms with E-state index in [1.54, 1.807) is 32.5 Å². The van der Waals surface area contributed by atoms with Gasteiger partial charge in [-0.25, -0.2) is 9.97 Å². The molecule has 0 unspecified atom stereocenters. The highest BCUT2D eigenvalue weighted by Gasteiger charge is 2.18. The molecular weight excluding hydrogens is 406 g/mol. The molecule has 4 heterocycles. The molecular formula is C20H15N5O4S. The van der Waals surface area contributed by atoms with Crippen LogP contribution in [0.15, 0.2) is 52.2 Å². The molecule has 0 atom stereocenters. The Morgan fingerprint density at radius 3 is 2.87 bits per heavy atom. The molecule has 10 heteroatoms. The summed E-state index contributed by atoms with van der Waals surface area (Å²) in [5.41, 5.74) is 1.10. The molecule has 0 N–H and O–H groups in total. The van der Waals surface area contributed by atoms with E-state index in [2.05, 4.69) is 20.1 Å². The Morgan fingerprint density at radius 2 is 2.03 bits per heavy atom. The minimum absolute atomic E-state index is 0.0999. The summed E-state index contributed by atoms with van der Waals surface area (Å²) >= 11 is 1.32. The van der Waals surface area contributed by atoms with Gasteiger partial charge in [0, 0.05) is 11.6 Å². The lowest BCUT2D eigenvalue weighted by molar-refractivity contribution is 0.354. The molecule has 9 nitrogen and oxygen atoms in total. The summed E-state index contributed by atoms with van der Waals surface area (Å²) < 4.78 is 18.1. The van der Waals surface area contributed by atoms with Gasteiger partial charge in [0.05, 0.1) is 31.6 Å². The van der Waals surface area contributed by atoms with Crippen LogP contribution in [0.4, 0.5) is 0 Å².